The van der Waals surface area contributed by atoms with Gasteiger partial charge in [0.05, 0.1) is 6.04 Å². The monoisotopic (exact) mass is 282 g/mol. The van der Waals surface area contributed by atoms with Crippen LogP contribution in [0.4, 0.5) is 0 Å². The summed E-state index contributed by atoms with van der Waals surface area (Å²) in [6, 6.07) is 11.9. The average molecular weight is 282 g/mol. The molecular weight excluding hydrogens is 260 g/mol. The molecule has 1 aromatic heterocycles. The number of hydrogen-bond acceptors (Lipinski definition) is 2. The highest BCUT2D eigenvalue weighted by Gasteiger charge is 2.11. The molecule has 2 unspecified atom stereocenters. The van der Waals surface area contributed by atoms with Crippen molar-refractivity contribution in [3.8, 4) is 0 Å². The van der Waals surface area contributed by atoms with E-state index in [2.05, 4.69) is 48.4 Å². The summed E-state index contributed by atoms with van der Waals surface area (Å²) in [6.07, 6.45) is 4.38. The van der Waals surface area contributed by atoms with Gasteiger partial charge in [-0.3, -0.25) is 9.78 Å². The van der Waals surface area contributed by atoms with Gasteiger partial charge in [-0.25, -0.2) is 0 Å². The van der Waals surface area contributed by atoms with Crippen LogP contribution in [0.1, 0.15) is 60.6 Å². The highest BCUT2D eigenvalue weighted by Crippen LogP contribution is 2.21. The Morgan fingerprint density at radius 3 is 2.19 bits per heavy atom. The molecule has 0 saturated heterocycles. The van der Waals surface area contributed by atoms with Crippen molar-refractivity contribution < 1.29 is 4.79 Å². The van der Waals surface area contributed by atoms with Crippen LogP contribution < -0.4 is 5.32 Å². The molecule has 0 fully saturated rings. The van der Waals surface area contributed by atoms with Crippen LogP contribution in [0, 0.1) is 0 Å². The van der Waals surface area contributed by atoms with E-state index in [-0.39, 0.29) is 11.9 Å². The summed E-state index contributed by atoms with van der Waals surface area (Å²) in [5, 5.41) is 3.01. The molecule has 0 aliphatic heterocycles. The maximum Gasteiger partial charge on any atom is 0.251 e. The minimum atomic E-state index is -0.0732. The third-order valence-electron chi connectivity index (χ3n) is 3.91. The van der Waals surface area contributed by atoms with E-state index in [1.54, 1.807) is 24.5 Å². The van der Waals surface area contributed by atoms with Gasteiger partial charge in [0.15, 0.2) is 0 Å². The van der Waals surface area contributed by atoms with Crippen molar-refractivity contribution in [2.45, 2.75) is 39.2 Å². The van der Waals surface area contributed by atoms with Crippen molar-refractivity contribution in [1.82, 2.24) is 10.3 Å². The number of pyridine rings is 1. The number of nitrogens with zero attached hydrogens (tertiary/aromatic N) is 1. The summed E-state index contributed by atoms with van der Waals surface area (Å²) >= 11 is 0. The molecule has 2 atom stereocenters. The van der Waals surface area contributed by atoms with Gasteiger partial charge in [0.1, 0.15) is 0 Å². The summed E-state index contributed by atoms with van der Waals surface area (Å²) in [5.41, 5.74) is 3.09. The molecule has 0 saturated carbocycles. The highest BCUT2D eigenvalue weighted by atomic mass is 16.1. The van der Waals surface area contributed by atoms with Crippen molar-refractivity contribution >= 4 is 5.91 Å². The fraction of sp³-hybridized carbons (Fsp3) is 0.333. The second-order valence-electron chi connectivity index (χ2n) is 5.41. The van der Waals surface area contributed by atoms with Crippen molar-refractivity contribution in [3.63, 3.8) is 0 Å². The van der Waals surface area contributed by atoms with E-state index in [1.807, 2.05) is 6.92 Å². The van der Waals surface area contributed by atoms with E-state index in [4.69, 9.17) is 0 Å². The number of benzene rings is 1. The number of nitrogens with one attached hydrogen (secondary N) is 1. The van der Waals surface area contributed by atoms with E-state index >= 15 is 0 Å². The molecule has 0 aliphatic rings. The Kier molecular flexibility index (Phi) is 5.09. The lowest BCUT2D eigenvalue weighted by Gasteiger charge is -2.16. The Morgan fingerprint density at radius 2 is 1.62 bits per heavy atom. The Labute approximate surface area is 126 Å². The fourth-order valence-corrected chi connectivity index (χ4v) is 2.22. The molecule has 21 heavy (non-hydrogen) atoms. The van der Waals surface area contributed by atoms with Crippen LogP contribution >= 0.6 is 0 Å². The SMILES string of the molecule is CCC(C)c1ccc(C(C)NC(=O)c2ccncc2)cc1. The number of carbonyl (C=O) groups is 1. The number of rotatable bonds is 5. The van der Waals surface area contributed by atoms with Crippen LogP contribution in [0.2, 0.25) is 0 Å². The molecule has 1 heterocycles. The van der Waals surface area contributed by atoms with Gasteiger partial charge in [-0.1, -0.05) is 38.1 Å². The van der Waals surface area contributed by atoms with E-state index in [9.17, 15) is 4.79 Å². The highest BCUT2D eigenvalue weighted by molar-refractivity contribution is 5.94. The van der Waals surface area contributed by atoms with Crippen molar-refractivity contribution in [2.75, 3.05) is 0 Å². The maximum absolute atomic E-state index is 12.1. The molecule has 0 radical (unpaired) electrons. The first kappa shape index (κ1) is 15.2. The smallest absolute Gasteiger partial charge is 0.251 e. The van der Waals surface area contributed by atoms with Crippen LogP contribution in [0.5, 0.6) is 0 Å². The minimum absolute atomic E-state index is 0.0170. The van der Waals surface area contributed by atoms with Gasteiger partial charge >= 0.3 is 0 Å². The lowest BCUT2D eigenvalue weighted by atomic mass is 9.96. The largest absolute Gasteiger partial charge is 0.346 e. The Balaban J connectivity index is 2.03. The Morgan fingerprint density at radius 1 is 1.05 bits per heavy atom. The first-order valence-electron chi connectivity index (χ1n) is 7.42. The molecular formula is C18H22N2O. The van der Waals surface area contributed by atoms with Gasteiger partial charge in [0, 0.05) is 18.0 Å². The zero-order valence-corrected chi connectivity index (χ0v) is 12.8. The fourth-order valence-electron chi connectivity index (χ4n) is 2.22. The molecule has 3 heteroatoms. The lowest BCUT2D eigenvalue weighted by molar-refractivity contribution is 0.0940. The van der Waals surface area contributed by atoms with Gasteiger partial charge < -0.3 is 5.32 Å². The Bertz CT molecular complexity index is 578. The van der Waals surface area contributed by atoms with Crippen LogP contribution in [0.3, 0.4) is 0 Å². The van der Waals surface area contributed by atoms with Gasteiger partial charge in [0.25, 0.3) is 5.91 Å². The van der Waals surface area contributed by atoms with Crippen LogP contribution in [0.15, 0.2) is 48.8 Å². The Hall–Kier alpha value is -2.16. The zero-order valence-electron chi connectivity index (χ0n) is 12.8. The molecule has 2 rings (SSSR count). The summed E-state index contributed by atoms with van der Waals surface area (Å²) in [6.45, 7) is 6.41. The predicted octanol–water partition coefficient (Wildman–Crippen LogP) is 4.09. The van der Waals surface area contributed by atoms with Crippen molar-refractivity contribution in [1.29, 1.82) is 0 Å². The number of aromatic nitrogens is 1. The zero-order chi connectivity index (χ0) is 15.2. The standard InChI is InChI=1S/C18H22N2O/c1-4-13(2)15-5-7-16(8-6-15)14(3)20-18(21)17-9-11-19-12-10-17/h5-14H,4H2,1-3H3,(H,20,21). The molecule has 3 nitrogen and oxygen atoms in total. The molecule has 110 valence electrons. The minimum Gasteiger partial charge on any atom is -0.346 e. The van der Waals surface area contributed by atoms with Crippen molar-refractivity contribution in [3.05, 3.63) is 65.5 Å². The van der Waals surface area contributed by atoms with E-state index in [0.717, 1.165) is 12.0 Å². The van der Waals surface area contributed by atoms with Gasteiger partial charge in [0.2, 0.25) is 0 Å². The average Bonchev–Trinajstić information content (AvgIpc) is 2.55. The lowest BCUT2D eigenvalue weighted by Crippen LogP contribution is -2.26. The summed E-state index contributed by atoms with van der Waals surface area (Å²) < 4.78 is 0. The number of hydrogen-bond donors (Lipinski definition) is 1. The molecule has 1 N–H and O–H groups in total. The molecule has 0 bridgehead atoms. The third-order valence-corrected chi connectivity index (χ3v) is 3.91. The first-order valence-corrected chi connectivity index (χ1v) is 7.42. The van der Waals surface area contributed by atoms with Crippen LogP contribution in [0.25, 0.3) is 0 Å². The summed E-state index contributed by atoms with van der Waals surface area (Å²) in [5.74, 6) is 0.497. The van der Waals surface area contributed by atoms with Gasteiger partial charge in [-0.15, -0.1) is 0 Å². The quantitative estimate of drug-likeness (QED) is 0.897. The molecule has 1 aromatic carbocycles. The second kappa shape index (κ2) is 7.02. The normalized spacial score (nSPS) is 13.5. The topological polar surface area (TPSA) is 42.0 Å². The van der Waals surface area contributed by atoms with Gasteiger partial charge in [-0.2, -0.15) is 0 Å². The summed E-state index contributed by atoms with van der Waals surface area (Å²) in [7, 11) is 0. The van der Waals surface area contributed by atoms with Crippen molar-refractivity contribution in [2.24, 2.45) is 0 Å². The van der Waals surface area contributed by atoms with Gasteiger partial charge in [-0.05, 0) is 42.5 Å². The molecule has 1 amide bonds. The van der Waals surface area contributed by atoms with Crippen LogP contribution in [-0.2, 0) is 0 Å². The molecule has 0 spiro atoms. The second-order valence-corrected chi connectivity index (χ2v) is 5.41. The number of amides is 1. The summed E-state index contributed by atoms with van der Waals surface area (Å²) in [4.78, 5) is 16.0. The molecule has 0 aliphatic carbocycles. The van der Waals surface area contributed by atoms with Crippen LogP contribution in [-0.4, -0.2) is 10.9 Å². The van der Waals surface area contributed by atoms with E-state index < -0.39 is 0 Å². The number of carbonyl (C=O) groups excluding carboxylic acids is 1. The van der Waals surface area contributed by atoms with E-state index in [0.29, 0.717) is 11.5 Å². The predicted molar refractivity (Wildman–Crippen MR) is 85.3 cm³/mol. The maximum atomic E-state index is 12.1. The van der Waals surface area contributed by atoms with E-state index in [1.165, 1.54) is 5.56 Å². The molecule has 2 aromatic rings. The first-order chi connectivity index (χ1) is 10.1. The third kappa shape index (κ3) is 3.91.